The van der Waals surface area contributed by atoms with Crippen molar-refractivity contribution >= 4 is 0 Å². The van der Waals surface area contributed by atoms with E-state index in [1.54, 1.807) is 0 Å². The minimum absolute atomic E-state index is 0.0235. The van der Waals surface area contributed by atoms with Crippen LogP contribution in [0.4, 0.5) is 0 Å². The molecule has 2 nitrogen and oxygen atoms in total. The van der Waals surface area contributed by atoms with Crippen LogP contribution in [0.2, 0.25) is 0 Å². The van der Waals surface area contributed by atoms with E-state index >= 15 is 0 Å². The van der Waals surface area contributed by atoms with Gasteiger partial charge in [-0.05, 0) is 37.7 Å². The highest BCUT2D eigenvalue weighted by Crippen LogP contribution is 2.51. The zero-order valence-electron chi connectivity index (χ0n) is 11.5. The largest absolute Gasteiger partial charge is 0.374 e. The summed E-state index contributed by atoms with van der Waals surface area (Å²) in [6.07, 6.45) is 6.08. The van der Waals surface area contributed by atoms with Gasteiger partial charge in [0.15, 0.2) is 0 Å². The van der Waals surface area contributed by atoms with E-state index in [0.29, 0.717) is 24.7 Å². The smallest absolute Gasteiger partial charge is 0.113 e. The number of epoxide rings is 1. The lowest BCUT2D eigenvalue weighted by Gasteiger charge is -2.28. The van der Waals surface area contributed by atoms with Gasteiger partial charge in [0.05, 0.1) is 18.8 Å². The lowest BCUT2D eigenvalue weighted by molar-refractivity contribution is 0.00324. The Balaban J connectivity index is 1.49. The first-order valence-corrected chi connectivity index (χ1v) is 7.20. The molecule has 0 aromatic heterocycles. The van der Waals surface area contributed by atoms with E-state index in [1.807, 2.05) is 12.1 Å². The molecule has 3 rings (SSSR count). The molecule has 0 radical (unpaired) electrons. The molecule has 1 aliphatic heterocycles. The molecule has 4 unspecified atom stereocenters. The summed E-state index contributed by atoms with van der Waals surface area (Å²) in [5, 5.41) is 0. The molecule has 1 saturated carbocycles. The summed E-state index contributed by atoms with van der Waals surface area (Å²) < 4.78 is 11.8. The summed E-state index contributed by atoms with van der Waals surface area (Å²) >= 11 is 0. The third kappa shape index (κ3) is 2.60. The summed E-state index contributed by atoms with van der Waals surface area (Å²) in [5.74, 6) is 0.615. The average molecular weight is 258 g/mol. The first kappa shape index (κ1) is 12.9. The van der Waals surface area contributed by atoms with E-state index in [0.717, 1.165) is 12.8 Å². The number of hydrogen-bond donors (Lipinski definition) is 0. The minimum Gasteiger partial charge on any atom is -0.374 e. The molecule has 0 spiro atoms. The maximum Gasteiger partial charge on any atom is 0.113 e. The van der Waals surface area contributed by atoms with Gasteiger partial charge in [0.1, 0.15) is 5.60 Å². The van der Waals surface area contributed by atoms with Gasteiger partial charge >= 0.3 is 0 Å². The number of hydrogen-bond acceptors (Lipinski definition) is 2. The van der Waals surface area contributed by atoms with E-state index in [1.165, 1.54) is 12.0 Å². The van der Waals surface area contributed by atoms with Crippen LogP contribution < -0.4 is 0 Å². The molecule has 1 heterocycles. The Kier molecular flexibility index (Phi) is 3.46. The molecule has 2 fully saturated rings. The standard InChI is InChI=1S/C17H22O2/c1-3-17-10-9-15(11-16(17)19-17)13(2)18-12-14-7-5-4-6-8-14/h3-8,13,15-16H,1,9-12H2,2H3. The van der Waals surface area contributed by atoms with Crippen LogP contribution in [0.25, 0.3) is 0 Å². The van der Waals surface area contributed by atoms with Crippen molar-refractivity contribution in [3.8, 4) is 0 Å². The minimum atomic E-state index is 0.0235. The molecule has 1 aliphatic carbocycles. The Morgan fingerprint density at radius 1 is 1.47 bits per heavy atom. The van der Waals surface area contributed by atoms with Crippen molar-refractivity contribution in [1.29, 1.82) is 0 Å². The molecule has 2 heteroatoms. The van der Waals surface area contributed by atoms with Crippen LogP contribution in [0.3, 0.4) is 0 Å². The van der Waals surface area contributed by atoms with Crippen LogP contribution in [-0.2, 0) is 16.1 Å². The monoisotopic (exact) mass is 258 g/mol. The molecule has 0 amide bonds. The molecule has 102 valence electrons. The lowest BCUT2D eigenvalue weighted by atomic mass is 9.80. The second-order valence-corrected chi connectivity index (χ2v) is 5.80. The summed E-state index contributed by atoms with van der Waals surface area (Å²) in [7, 11) is 0. The number of benzene rings is 1. The van der Waals surface area contributed by atoms with Crippen LogP contribution in [0, 0.1) is 5.92 Å². The molecule has 4 atom stereocenters. The van der Waals surface area contributed by atoms with Gasteiger partial charge in [-0.25, -0.2) is 0 Å². The van der Waals surface area contributed by atoms with E-state index in [2.05, 4.69) is 37.8 Å². The Hall–Kier alpha value is -1.12. The van der Waals surface area contributed by atoms with Gasteiger partial charge in [-0.15, -0.1) is 6.58 Å². The fourth-order valence-electron chi connectivity index (χ4n) is 3.15. The van der Waals surface area contributed by atoms with Gasteiger partial charge in [-0.1, -0.05) is 36.4 Å². The highest BCUT2D eigenvalue weighted by atomic mass is 16.6. The van der Waals surface area contributed by atoms with Gasteiger partial charge in [0.2, 0.25) is 0 Å². The second kappa shape index (κ2) is 5.10. The Morgan fingerprint density at radius 3 is 2.95 bits per heavy atom. The van der Waals surface area contributed by atoms with Crippen molar-refractivity contribution in [1.82, 2.24) is 0 Å². The van der Waals surface area contributed by atoms with Crippen molar-refractivity contribution in [2.45, 2.75) is 50.6 Å². The molecule has 1 aromatic carbocycles. The van der Waals surface area contributed by atoms with Crippen molar-refractivity contribution < 1.29 is 9.47 Å². The van der Waals surface area contributed by atoms with Crippen molar-refractivity contribution in [3.63, 3.8) is 0 Å². The number of fused-ring (bicyclic) bond motifs is 1. The molecule has 1 aromatic rings. The topological polar surface area (TPSA) is 21.8 Å². The fraction of sp³-hybridized carbons (Fsp3) is 0.529. The zero-order chi connectivity index (χ0) is 13.3. The fourth-order valence-corrected chi connectivity index (χ4v) is 3.15. The Morgan fingerprint density at radius 2 is 2.26 bits per heavy atom. The van der Waals surface area contributed by atoms with Crippen LogP contribution in [0.5, 0.6) is 0 Å². The maximum absolute atomic E-state index is 6.02. The van der Waals surface area contributed by atoms with E-state index in [9.17, 15) is 0 Å². The van der Waals surface area contributed by atoms with Crippen molar-refractivity contribution in [2.24, 2.45) is 5.92 Å². The summed E-state index contributed by atoms with van der Waals surface area (Å²) in [6.45, 7) is 6.78. The predicted octanol–water partition coefficient (Wildman–Crippen LogP) is 3.72. The highest BCUT2D eigenvalue weighted by Gasteiger charge is 2.57. The van der Waals surface area contributed by atoms with Gasteiger partial charge in [0, 0.05) is 0 Å². The lowest BCUT2D eigenvalue weighted by Crippen LogP contribution is -2.30. The van der Waals surface area contributed by atoms with Crippen LogP contribution in [-0.4, -0.2) is 17.8 Å². The second-order valence-electron chi connectivity index (χ2n) is 5.80. The Labute approximate surface area is 115 Å². The molecular formula is C17H22O2. The third-order valence-corrected chi connectivity index (χ3v) is 4.64. The normalized spacial score (nSPS) is 34.4. The maximum atomic E-state index is 6.02. The van der Waals surface area contributed by atoms with Crippen molar-refractivity contribution in [2.75, 3.05) is 0 Å². The van der Waals surface area contributed by atoms with Gasteiger partial charge in [-0.2, -0.15) is 0 Å². The summed E-state index contributed by atoms with van der Waals surface area (Å²) in [4.78, 5) is 0. The molecule has 2 aliphatic rings. The Bertz CT molecular complexity index is 442. The molecule has 19 heavy (non-hydrogen) atoms. The summed E-state index contributed by atoms with van der Waals surface area (Å²) in [6, 6.07) is 10.4. The first-order valence-electron chi connectivity index (χ1n) is 7.20. The molecule has 1 saturated heterocycles. The zero-order valence-corrected chi connectivity index (χ0v) is 11.5. The van der Waals surface area contributed by atoms with Crippen LogP contribution in [0.1, 0.15) is 31.7 Å². The van der Waals surface area contributed by atoms with Gasteiger partial charge in [0.25, 0.3) is 0 Å². The molecule has 0 N–H and O–H groups in total. The number of rotatable bonds is 5. The predicted molar refractivity (Wildman–Crippen MR) is 75.8 cm³/mol. The van der Waals surface area contributed by atoms with Gasteiger partial charge < -0.3 is 9.47 Å². The summed E-state index contributed by atoms with van der Waals surface area (Å²) in [5.41, 5.74) is 1.27. The van der Waals surface area contributed by atoms with E-state index in [-0.39, 0.29) is 5.60 Å². The quantitative estimate of drug-likeness (QED) is 0.593. The molecule has 0 bridgehead atoms. The van der Waals surface area contributed by atoms with E-state index < -0.39 is 0 Å². The molecular weight excluding hydrogens is 236 g/mol. The third-order valence-electron chi connectivity index (χ3n) is 4.64. The van der Waals surface area contributed by atoms with Gasteiger partial charge in [-0.3, -0.25) is 0 Å². The first-order chi connectivity index (χ1) is 9.23. The average Bonchev–Trinajstić information content (AvgIpc) is 3.20. The SMILES string of the molecule is C=CC12CCC(C(C)OCc3ccccc3)CC1O2. The highest BCUT2D eigenvalue weighted by molar-refractivity contribution is 5.17. The van der Waals surface area contributed by atoms with E-state index in [4.69, 9.17) is 9.47 Å². The van der Waals surface area contributed by atoms with Crippen molar-refractivity contribution in [3.05, 3.63) is 48.6 Å². The van der Waals surface area contributed by atoms with Crippen LogP contribution in [0.15, 0.2) is 43.0 Å². The van der Waals surface area contributed by atoms with Crippen LogP contribution >= 0.6 is 0 Å². The number of ether oxygens (including phenoxy) is 2.